The van der Waals surface area contributed by atoms with E-state index in [9.17, 15) is 22.8 Å². The first kappa shape index (κ1) is 34.0. The number of aromatic nitrogens is 2. The van der Waals surface area contributed by atoms with E-state index in [1.807, 2.05) is 59.3 Å². The van der Waals surface area contributed by atoms with Gasteiger partial charge in [0.05, 0.1) is 37.6 Å². The van der Waals surface area contributed by atoms with Crippen LogP contribution in [0.4, 0.5) is 13.2 Å². The highest BCUT2D eigenvalue weighted by molar-refractivity contribution is 5.94. The zero-order valence-electron chi connectivity index (χ0n) is 26.6. The van der Waals surface area contributed by atoms with Crippen LogP contribution in [0.25, 0.3) is 33.3 Å². The lowest BCUT2D eigenvalue weighted by atomic mass is 10.0. The number of methoxy groups -OCH3 is 2. The SMILES string of the molecule is COc1ccc2cc(-c3cc(-c4cc(C(F)(F)F)ccc4OC)nn3CCCCCc3ccc(C(=O)NCCC(=O)O)cc3)ccc2c1. The minimum atomic E-state index is -4.51. The number of hydrogen-bond acceptors (Lipinski definition) is 5. The molecule has 8 nitrogen and oxygen atoms in total. The van der Waals surface area contributed by atoms with Crippen molar-refractivity contribution in [1.82, 2.24) is 15.1 Å². The van der Waals surface area contributed by atoms with Crippen LogP contribution in [0.2, 0.25) is 0 Å². The maximum atomic E-state index is 13.6. The Bertz CT molecular complexity index is 1900. The number of alkyl halides is 3. The van der Waals surface area contributed by atoms with E-state index in [0.717, 1.165) is 71.2 Å². The van der Waals surface area contributed by atoms with Crippen LogP contribution in [0, 0.1) is 0 Å². The largest absolute Gasteiger partial charge is 0.497 e. The molecule has 2 N–H and O–H groups in total. The van der Waals surface area contributed by atoms with Crippen LogP contribution < -0.4 is 14.8 Å². The summed E-state index contributed by atoms with van der Waals surface area (Å²) in [6.45, 7) is 0.617. The molecule has 48 heavy (non-hydrogen) atoms. The van der Waals surface area contributed by atoms with E-state index in [4.69, 9.17) is 19.7 Å². The van der Waals surface area contributed by atoms with E-state index in [1.54, 1.807) is 19.2 Å². The van der Waals surface area contributed by atoms with Crippen molar-refractivity contribution in [3.8, 4) is 34.0 Å². The molecular formula is C37H36F3N3O5. The number of carbonyl (C=O) groups excluding carboxylic acids is 1. The molecule has 0 saturated heterocycles. The summed E-state index contributed by atoms with van der Waals surface area (Å²) in [5, 5.41) is 18.1. The van der Waals surface area contributed by atoms with Gasteiger partial charge in [0.2, 0.25) is 0 Å². The number of ether oxygens (including phenoxy) is 2. The zero-order chi connectivity index (χ0) is 34.3. The predicted octanol–water partition coefficient (Wildman–Crippen LogP) is 8.02. The van der Waals surface area contributed by atoms with Gasteiger partial charge in [0.15, 0.2) is 0 Å². The first-order valence-electron chi connectivity index (χ1n) is 15.6. The van der Waals surface area contributed by atoms with E-state index >= 15 is 0 Å². The monoisotopic (exact) mass is 659 g/mol. The Hall–Kier alpha value is -5.32. The van der Waals surface area contributed by atoms with Gasteiger partial charge in [0.1, 0.15) is 11.5 Å². The van der Waals surface area contributed by atoms with Crippen LogP contribution >= 0.6 is 0 Å². The summed E-state index contributed by atoms with van der Waals surface area (Å²) in [5.41, 5.74) is 3.07. The normalized spacial score (nSPS) is 11.4. The number of amides is 1. The summed E-state index contributed by atoms with van der Waals surface area (Å²) in [5.74, 6) is -0.242. The number of nitrogens with one attached hydrogen (secondary N) is 1. The van der Waals surface area contributed by atoms with Gasteiger partial charge in [-0.15, -0.1) is 0 Å². The van der Waals surface area contributed by atoms with E-state index in [1.165, 1.54) is 13.2 Å². The topological polar surface area (TPSA) is 103 Å². The number of nitrogens with zero attached hydrogens (tertiary/aromatic N) is 2. The Kier molecular flexibility index (Phi) is 10.7. The molecule has 0 unspecified atom stereocenters. The lowest BCUT2D eigenvalue weighted by Gasteiger charge is -2.11. The highest BCUT2D eigenvalue weighted by atomic mass is 19.4. The number of unbranched alkanes of at least 4 members (excludes halogenated alkanes) is 2. The smallest absolute Gasteiger partial charge is 0.416 e. The van der Waals surface area contributed by atoms with Gasteiger partial charge < -0.3 is 19.9 Å². The van der Waals surface area contributed by atoms with Gasteiger partial charge in [-0.2, -0.15) is 18.3 Å². The fourth-order valence-electron chi connectivity index (χ4n) is 5.52. The summed E-state index contributed by atoms with van der Waals surface area (Å²) in [4.78, 5) is 22.9. The molecule has 0 fully saturated rings. The Morgan fingerprint density at radius 2 is 1.60 bits per heavy atom. The highest BCUT2D eigenvalue weighted by Crippen LogP contribution is 2.38. The van der Waals surface area contributed by atoms with E-state index in [-0.39, 0.29) is 24.4 Å². The molecular weight excluding hydrogens is 623 g/mol. The van der Waals surface area contributed by atoms with Gasteiger partial charge in [-0.1, -0.05) is 36.8 Å². The summed E-state index contributed by atoms with van der Waals surface area (Å²) < 4.78 is 53.6. The fraction of sp³-hybridized carbons (Fsp3) is 0.270. The van der Waals surface area contributed by atoms with Crippen LogP contribution in [0.5, 0.6) is 11.5 Å². The van der Waals surface area contributed by atoms with Crippen molar-refractivity contribution in [2.24, 2.45) is 0 Å². The Labute approximate surface area is 276 Å². The molecule has 4 aromatic carbocycles. The first-order valence-corrected chi connectivity index (χ1v) is 15.6. The van der Waals surface area contributed by atoms with Crippen LogP contribution in [0.15, 0.2) is 84.9 Å². The number of aryl methyl sites for hydroxylation is 2. The van der Waals surface area contributed by atoms with Crippen LogP contribution in [-0.2, 0) is 23.9 Å². The van der Waals surface area contributed by atoms with E-state index < -0.39 is 17.7 Å². The Morgan fingerprint density at radius 3 is 2.31 bits per heavy atom. The molecule has 0 atom stereocenters. The van der Waals surface area contributed by atoms with Crippen molar-refractivity contribution in [3.05, 3.63) is 102 Å². The molecule has 0 spiro atoms. The van der Waals surface area contributed by atoms with Gasteiger partial charge in [-0.05, 0) is 90.2 Å². The molecule has 250 valence electrons. The summed E-state index contributed by atoms with van der Waals surface area (Å²) in [6.07, 6.45) is -1.32. The molecule has 1 aromatic heterocycles. The van der Waals surface area contributed by atoms with Crippen molar-refractivity contribution in [3.63, 3.8) is 0 Å². The molecule has 1 amide bonds. The molecule has 0 aliphatic carbocycles. The average molecular weight is 660 g/mol. The molecule has 0 saturated carbocycles. The van der Waals surface area contributed by atoms with Crippen molar-refractivity contribution in [2.75, 3.05) is 20.8 Å². The van der Waals surface area contributed by atoms with Crippen LogP contribution in [0.1, 0.15) is 47.2 Å². The maximum absolute atomic E-state index is 13.6. The number of carboxylic acids is 1. The third-order valence-corrected chi connectivity index (χ3v) is 8.10. The molecule has 1 heterocycles. The molecule has 11 heteroatoms. The number of carbonyl (C=O) groups is 2. The molecule has 0 aliphatic heterocycles. The van der Waals surface area contributed by atoms with Gasteiger partial charge in [0.25, 0.3) is 5.91 Å². The van der Waals surface area contributed by atoms with Crippen LogP contribution in [-0.4, -0.2) is 47.5 Å². The summed E-state index contributed by atoms with van der Waals surface area (Å²) in [6, 6.07) is 24.2. The minimum Gasteiger partial charge on any atom is -0.497 e. The Morgan fingerprint density at radius 1 is 0.854 bits per heavy atom. The fourth-order valence-corrected chi connectivity index (χ4v) is 5.52. The standard InChI is InChI=1S/C37H36F3N3O5/c1-47-30-15-13-26-20-28(12-11-27(26)21-30)33-23-32(31-22-29(37(38,39)40)14-16-34(31)48-2)42-43(33)19-5-3-4-6-24-7-9-25(10-8-24)36(46)41-18-17-35(44)45/h7-16,20-23H,3-6,17-19H2,1-2H3,(H,41,46)(H,44,45). The van der Waals surface area contributed by atoms with E-state index in [2.05, 4.69) is 5.32 Å². The third-order valence-electron chi connectivity index (χ3n) is 8.10. The highest BCUT2D eigenvalue weighted by Gasteiger charge is 2.31. The third kappa shape index (κ3) is 8.33. The average Bonchev–Trinajstić information content (AvgIpc) is 3.51. The first-order chi connectivity index (χ1) is 23.0. The molecule has 5 rings (SSSR count). The van der Waals surface area contributed by atoms with Crippen molar-refractivity contribution in [2.45, 2.75) is 44.8 Å². The minimum absolute atomic E-state index is 0.0684. The van der Waals surface area contributed by atoms with E-state index in [0.29, 0.717) is 23.6 Å². The van der Waals surface area contributed by atoms with Crippen molar-refractivity contribution in [1.29, 1.82) is 0 Å². The maximum Gasteiger partial charge on any atom is 0.416 e. The Balaban J connectivity index is 1.32. The van der Waals surface area contributed by atoms with Gasteiger partial charge in [-0.3, -0.25) is 14.3 Å². The number of rotatable bonds is 14. The molecule has 0 radical (unpaired) electrons. The number of benzene rings is 4. The summed E-state index contributed by atoms with van der Waals surface area (Å²) in [7, 11) is 3.04. The molecule has 0 aliphatic rings. The predicted molar refractivity (Wildman–Crippen MR) is 177 cm³/mol. The second-order valence-corrected chi connectivity index (χ2v) is 11.4. The van der Waals surface area contributed by atoms with Crippen molar-refractivity contribution < 1.29 is 37.3 Å². The molecule has 0 bridgehead atoms. The number of aliphatic carboxylic acids is 1. The number of carboxylic acid groups (broad SMARTS) is 1. The zero-order valence-corrected chi connectivity index (χ0v) is 26.6. The van der Waals surface area contributed by atoms with Gasteiger partial charge in [-0.25, -0.2) is 0 Å². The van der Waals surface area contributed by atoms with Gasteiger partial charge >= 0.3 is 12.1 Å². The van der Waals surface area contributed by atoms with Crippen molar-refractivity contribution >= 4 is 22.6 Å². The number of halogens is 3. The number of hydrogen-bond donors (Lipinski definition) is 2. The van der Waals surface area contributed by atoms with Gasteiger partial charge in [0, 0.05) is 29.8 Å². The number of fused-ring (bicyclic) bond motifs is 1. The molecule has 5 aromatic rings. The van der Waals surface area contributed by atoms with Crippen LogP contribution in [0.3, 0.4) is 0 Å². The second kappa shape index (κ2) is 15.1. The second-order valence-electron chi connectivity index (χ2n) is 11.4. The quantitative estimate of drug-likeness (QED) is 0.117. The lowest BCUT2D eigenvalue weighted by Crippen LogP contribution is -2.25. The summed E-state index contributed by atoms with van der Waals surface area (Å²) >= 11 is 0. The lowest BCUT2D eigenvalue weighted by molar-refractivity contribution is -0.138.